The third-order valence-electron chi connectivity index (χ3n) is 2.85. The van der Waals surface area contributed by atoms with Crippen LogP contribution < -0.4 is 9.57 Å². The molecule has 0 aliphatic heterocycles. The summed E-state index contributed by atoms with van der Waals surface area (Å²) >= 11 is 6.96. The molecule has 0 aliphatic rings. The first-order valence-electron chi connectivity index (χ1n) is 7.19. The summed E-state index contributed by atoms with van der Waals surface area (Å²) < 4.78 is 62.9. The Morgan fingerprint density at radius 3 is 2.12 bits per heavy atom. The Labute approximate surface area is 154 Å². The maximum atomic E-state index is 9.87. The van der Waals surface area contributed by atoms with Crippen LogP contribution in [0, 0.1) is 5.92 Å². The van der Waals surface area contributed by atoms with E-state index in [4.69, 9.17) is 4.84 Å². The van der Waals surface area contributed by atoms with Crippen LogP contribution in [-0.4, -0.2) is 6.61 Å². The molecule has 0 aromatic carbocycles. The fourth-order valence-corrected chi connectivity index (χ4v) is 2.31. The molecule has 0 saturated carbocycles. The van der Waals surface area contributed by atoms with Gasteiger partial charge in [-0.3, -0.25) is 4.84 Å². The van der Waals surface area contributed by atoms with Crippen molar-refractivity contribution in [2.45, 2.75) is 39.5 Å². The number of rotatable bonds is 7. The van der Waals surface area contributed by atoms with Crippen molar-refractivity contribution >= 4 is 39.7 Å². The third kappa shape index (κ3) is 15.4. The van der Waals surface area contributed by atoms with Crippen molar-refractivity contribution in [2.75, 3.05) is 6.61 Å². The summed E-state index contributed by atoms with van der Waals surface area (Å²) in [6, 6.07) is 3.94. The summed E-state index contributed by atoms with van der Waals surface area (Å²) in [5.41, 5.74) is 0. The van der Waals surface area contributed by atoms with E-state index in [0.717, 1.165) is 15.7 Å². The first kappa shape index (κ1) is 23.9. The summed E-state index contributed by atoms with van der Waals surface area (Å²) in [6.07, 6.45) is 6.88. The van der Waals surface area contributed by atoms with Crippen molar-refractivity contribution in [3.05, 3.63) is 27.4 Å². The zero-order valence-electron chi connectivity index (χ0n) is 13.2. The van der Waals surface area contributed by atoms with Crippen LogP contribution in [-0.2, 0) is 0 Å². The molecule has 2 nitrogen and oxygen atoms in total. The van der Waals surface area contributed by atoms with E-state index in [1.165, 1.54) is 25.7 Å². The summed E-state index contributed by atoms with van der Waals surface area (Å²) in [7, 11) is -10.7. The summed E-state index contributed by atoms with van der Waals surface area (Å²) in [5, 5.41) is 0. The molecule has 0 N–H and O–H groups in total. The predicted octanol–water partition coefficient (Wildman–Crippen LogP) is 7.53. The number of nitrogens with zero attached hydrogens (tertiary/aromatic N) is 1. The zero-order valence-corrected chi connectivity index (χ0v) is 17.2. The first-order chi connectivity index (χ1) is 10.6. The van der Waals surface area contributed by atoms with Gasteiger partial charge in [-0.15, -0.1) is 0 Å². The Bertz CT molecular complexity index is 515. The standard InChI is InChI=1S/C13H20Br2NO.F6P/c1-3-5-7-11(4-2)10-17-16-9-6-8-12(14)13(16)15;1-7(2,3,4,5)6/h6,8-9,11H,3-5,7,10H2,1-2H3;/q+1;-1. The molecule has 144 valence electrons. The molecule has 0 bridgehead atoms. The molecular formula is C13H20Br2F6NOP. The van der Waals surface area contributed by atoms with Gasteiger partial charge >= 0.3 is 37.6 Å². The summed E-state index contributed by atoms with van der Waals surface area (Å²) in [6.45, 7) is 5.23. The van der Waals surface area contributed by atoms with E-state index in [2.05, 4.69) is 45.7 Å². The molecule has 24 heavy (non-hydrogen) atoms. The molecule has 0 aliphatic carbocycles. The normalized spacial score (nSPS) is 15.6. The van der Waals surface area contributed by atoms with Crippen LogP contribution in [0.2, 0.25) is 0 Å². The van der Waals surface area contributed by atoms with E-state index in [0.29, 0.717) is 5.92 Å². The van der Waals surface area contributed by atoms with Gasteiger partial charge in [0.05, 0.1) is 0 Å². The summed E-state index contributed by atoms with van der Waals surface area (Å²) in [5.74, 6) is 0.647. The molecule has 11 heteroatoms. The Morgan fingerprint density at radius 1 is 1.12 bits per heavy atom. The van der Waals surface area contributed by atoms with Crippen molar-refractivity contribution < 1.29 is 34.7 Å². The SMILES string of the molecule is CCCCC(CC)CO[n+]1cccc(Br)c1Br.F[P-](F)(F)(F)(F)F. The maximum absolute atomic E-state index is 10.7. The number of pyridine rings is 1. The molecule has 1 aromatic heterocycles. The van der Waals surface area contributed by atoms with E-state index in [-0.39, 0.29) is 0 Å². The van der Waals surface area contributed by atoms with Gasteiger partial charge in [0, 0.05) is 26.7 Å². The van der Waals surface area contributed by atoms with Gasteiger partial charge in [0.15, 0.2) is 6.61 Å². The Morgan fingerprint density at radius 2 is 1.67 bits per heavy atom. The number of hydrogen-bond donors (Lipinski definition) is 0. The van der Waals surface area contributed by atoms with Gasteiger partial charge in [0.2, 0.25) is 6.20 Å². The predicted molar refractivity (Wildman–Crippen MR) is 90.4 cm³/mol. The average Bonchev–Trinajstić information content (AvgIpc) is 2.40. The van der Waals surface area contributed by atoms with Crippen LogP contribution in [0.1, 0.15) is 39.5 Å². The van der Waals surface area contributed by atoms with Gasteiger partial charge in [-0.05, 0) is 40.8 Å². The Balaban J connectivity index is 0.000000640. The molecular weight excluding hydrogens is 491 g/mol. The number of halogens is 8. The molecule has 0 fully saturated rings. The topological polar surface area (TPSA) is 13.1 Å². The third-order valence-corrected chi connectivity index (χ3v) is 4.80. The van der Waals surface area contributed by atoms with Crippen LogP contribution in [0.3, 0.4) is 0 Å². The Kier molecular flexibility index (Phi) is 8.51. The quantitative estimate of drug-likeness (QED) is 0.160. The van der Waals surface area contributed by atoms with Crippen LogP contribution in [0.5, 0.6) is 0 Å². The second kappa shape index (κ2) is 8.54. The van der Waals surface area contributed by atoms with E-state index >= 15 is 0 Å². The van der Waals surface area contributed by atoms with Crippen LogP contribution in [0.4, 0.5) is 25.2 Å². The zero-order chi connectivity index (χ0) is 19.1. The summed E-state index contributed by atoms with van der Waals surface area (Å²) in [4.78, 5) is 5.81. The van der Waals surface area contributed by atoms with Crippen LogP contribution in [0.25, 0.3) is 0 Å². The van der Waals surface area contributed by atoms with E-state index in [1.807, 2.05) is 18.3 Å². The molecule has 1 aromatic rings. The molecule has 1 heterocycles. The van der Waals surface area contributed by atoms with Crippen molar-refractivity contribution in [3.63, 3.8) is 0 Å². The van der Waals surface area contributed by atoms with Crippen LogP contribution >= 0.6 is 39.7 Å². The van der Waals surface area contributed by atoms with Gasteiger partial charge in [0.25, 0.3) is 0 Å². The first-order valence-corrected chi connectivity index (χ1v) is 10.8. The van der Waals surface area contributed by atoms with Gasteiger partial charge in [-0.1, -0.05) is 26.7 Å². The number of hydrogen-bond acceptors (Lipinski definition) is 1. The van der Waals surface area contributed by atoms with E-state index in [9.17, 15) is 25.2 Å². The van der Waals surface area contributed by atoms with E-state index in [1.54, 1.807) is 4.73 Å². The second-order valence-electron chi connectivity index (χ2n) is 5.14. The van der Waals surface area contributed by atoms with Crippen molar-refractivity contribution in [1.29, 1.82) is 0 Å². The second-order valence-corrected chi connectivity index (χ2v) is 8.67. The fourth-order valence-electron chi connectivity index (χ4n) is 1.63. The van der Waals surface area contributed by atoms with Crippen LogP contribution in [0.15, 0.2) is 27.4 Å². The average molecular weight is 511 g/mol. The number of aromatic nitrogens is 1. The molecule has 1 rings (SSSR count). The minimum atomic E-state index is -10.7. The Hall–Kier alpha value is -0.0800. The minimum absolute atomic E-state index is 0.647. The monoisotopic (exact) mass is 509 g/mol. The molecule has 0 spiro atoms. The van der Waals surface area contributed by atoms with E-state index < -0.39 is 7.81 Å². The van der Waals surface area contributed by atoms with Gasteiger partial charge < -0.3 is 0 Å². The fraction of sp³-hybridized carbons (Fsp3) is 0.615. The van der Waals surface area contributed by atoms with Crippen molar-refractivity contribution in [1.82, 2.24) is 0 Å². The van der Waals surface area contributed by atoms with Gasteiger partial charge in [-0.25, -0.2) is 0 Å². The number of unbranched alkanes of at least 4 members (excludes halogenated alkanes) is 1. The van der Waals surface area contributed by atoms with Crippen molar-refractivity contribution in [2.24, 2.45) is 5.92 Å². The molecule has 1 unspecified atom stereocenters. The van der Waals surface area contributed by atoms with Gasteiger partial charge in [0.1, 0.15) is 4.47 Å². The van der Waals surface area contributed by atoms with Crippen molar-refractivity contribution in [3.8, 4) is 0 Å². The molecule has 1 atom stereocenters. The van der Waals surface area contributed by atoms with Gasteiger partial charge in [-0.2, -0.15) is 0 Å². The molecule has 0 radical (unpaired) electrons. The molecule has 0 saturated heterocycles. The molecule has 0 amide bonds.